The van der Waals surface area contributed by atoms with Gasteiger partial charge in [0.05, 0.1) is 0 Å². The predicted molar refractivity (Wildman–Crippen MR) is 88.4 cm³/mol. The molecule has 0 spiro atoms. The maximum Gasteiger partial charge on any atom is 0.349 e. The third kappa shape index (κ3) is 5.46. The van der Waals surface area contributed by atoms with Gasteiger partial charge in [0.2, 0.25) is 0 Å². The van der Waals surface area contributed by atoms with Crippen LogP contribution in [-0.2, 0) is 0 Å². The highest BCUT2D eigenvalue weighted by Gasteiger charge is 2.29. The van der Waals surface area contributed by atoms with Crippen molar-refractivity contribution in [1.29, 1.82) is 0 Å². The van der Waals surface area contributed by atoms with Crippen LogP contribution in [0.4, 0.5) is 0 Å². The summed E-state index contributed by atoms with van der Waals surface area (Å²) in [7, 11) is -1.16. The summed E-state index contributed by atoms with van der Waals surface area (Å²) in [4.78, 5) is 3.69. The lowest BCUT2D eigenvalue weighted by Crippen LogP contribution is -2.50. The molecule has 0 saturated heterocycles. The number of hydrogen-bond acceptors (Lipinski definition) is 5. The van der Waals surface area contributed by atoms with Crippen molar-refractivity contribution < 1.29 is 0 Å². The molecule has 18 heavy (non-hydrogen) atoms. The first-order valence-electron chi connectivity index (χ1n) is 7.07. The molecule has 3 nitrogen and oxygen atoms in total. The van der Waals surface area contributed by atoms with E-state index >= 15 is 0 Å². The van der Waals surface area contributed by atoms with E-state index in [1.807, 2.05) is 23.9 Å². The lowest BCUT2D eigenvalue weighted by molar-refractivity contribution is 0.788. The zero-order chi connectivity index (χ0) is 13.2. The van der Waals surface area contributed by atoms with Crippen molar-refractivity contribution in [3.8, 4) is 0 Å². The highest BCUT2D eigenvalue weighted by Crippen LogP contribution is 2.26. The molecular weight excluding hydrogens is 278 g/mol. The molecule has 1 aliphatic heterocycles. The molecule has 0 unspecified atom stereocenters. The average Bonchev–Trinajstić information content (AvgIpc) is 2.74. The summed E-state index contributed by atoms with van der Waals surface area (Å²) in [6.07, 6.45) is 9.72. The molecule has 0 bridgehead atoms. The average molecular weight is 306 g/mol. The van der Waals surface area contributed by atoms with Crippen molar-refractivity contribution in [2.24, 2.45) is 0 Å². The Labute approximate surface area is 123 Å². The largest absolute Gasteiger partial charge is 0.349 e. The van der Waals surface area contributed by atoms with E-state index in [-0.39, 0.29) is 0 Å². The minimum Gasteiger partial charge on any atom is -0.319 e. The fraction of sp³-hybridized carbons (Fsp3) is 0.833. The second-order valence-corrected chi connectivity index (χ2v) is 9.52. The van der Waals surface area contributed by atoms with E-state index < -0.39 is 9.28 Å². The predicted octanol–water partition coefficient (Wildman–Crippen LogP) is 3.30. The van der Waals surface area contributed by atoms with Crippen molar-refractivity contribution in [2.75, 3.05) is 18.1 Å². The molecule has 0 aromatic rings. The molecule has 0 fully saturated rings. The Morgan fingerprint density at radius 2 is 1.44 bits per heavy atom. The maximum absolute atomic E-state index is 3.69. The van der Waals surface area contributed by atoms with Crippen LogP contribution in [0, 0.1) is 0 Å². The van der Waals surface area contributed by atoms with Gasteiger partial charge >= 0.3 is 9.28 Å². The molecule has 0 aliphatic carbocycles. The fourth-order valence-electron chi connectivity index (χ4n) is 1.63. The van der Waals surface area contributed by atoms with Crippen LogP contribution in [0.25, 0.3) is 0 Å². The smallest absolute Gasteiger partial charge is 0.319 e. The minimum absolute atomic E-state index is 1.06. The van der Waals surface area contributed by atoms with Gasteiger partial charge in [-0.3, -0.25) is 0 Å². The minimum atomic E-state index is -1.16. The summed E-state index contributed by atoms with van der Waals surface area (Å²) < 4.78 is 4.97. The second kappa shape index (κ2) is 10.1. The standard InChI is InChI=1S/C12H27N3S2Si/c1-4-7-11-16-14-9-10-15(17-12-8-5-2)18(14)13-6-3/h9-10,13,18H,4-8,11-12H2,1-3H3. The lowest BCUT2D eigenvalue weighted by Gasteiger charge is -2.29. The van der Waals surface area contributed by atoms with Gasteiger partial charge in [-0.15, -0.1) is 0 Å². The van der Waals surface area contributed by atoms with Crippen LogP contribution in [0.5, 0.6) is 0 Å². The zero-order valence-corrected chi connectivity index (χ0v) is 14.7. The van der Waals surface area contributed by atoms with Crippen LogP contribution in [0.2, 0.25) is 0 Å². The van der Waals surface area contributed by atoms with Crippen LogP contribution < -0.4 is 4.98 Å². The topological polar surface area (TPSA) is 18.5 Å². The number of unbranched alkanes of at least 4 members (excludes halogenated alkanes) is 2. The van der Waals surface area contributed by atoms with E-state index in [4.69, 9.17) is 0 Å². The van der Waals surface area contributed by atoms with E-state index in [0.29, 0.717) is 0 Å². The van der Waals surface area contributed by atoms with Crippen LogP contribution in [0.3, 0.4) is 0 Å². The van der Waals surface area contributed by atoms with Crippen LogP contribution in [0.15, 0.2) is 12.4 Å². The summed E-state index contributed by atoms with van der Waals surface area (Å²) >= 11 is 3.98. The molecule has 106 valence electrons. The zero-order valence-electron chi connectivity index (χ0n) is 11.9. The van der Waals surface area contributed by atoms with Crippen LogP contribution in [0.1, 0.15) is 46.5 Å². The van der Waals surface area contributed by atoms with Crippen molar-refractivity contribution in [3.05, 3.63) is 12.4 Å². The van der Waals surface area contributed by atoms with E-state index in [1.54, 1.807) is 0 Å². The summed E-state index contributed by atoms with van der Waals surface area (Å²) in [5.74, 6) is 2.48. The van der Waals surface area contributed by atoms with E-state index in [0.717, 1.165) is 6.54 Å². The van der Waals surface area contributed by atoms with Crippen molar-refractivity contribution in [3.63, 3.8) is 0 Å². The summed E-state index contributed by atoms with van der Waals surface area (Å²) in [5, 5.41) is 0. The van der Waals surface area contributed by atoms with Crippen LogP contribution >= 0.6 is 23.9 Å². The third-order valence-corrected chi connectivity index (χ3v) is 8.66. The number of nitrogens with zero attached hydrogens (tertiary/aromatic N) is 2. The first kappa shape index (κ1) is 16.3. The molecule has 1 heterocycles. The highest BCUT2D eigenvalue weighted by atomic mass is 32.2. The number of nitrogens with one attached hydrogen (secondary N) is 1. The van der Waals surface area contributed by atoms with E-state index in [9.17, 15) is 0 Å². The monoisotopic (exact) mass is 305 g/mol. The van der Waals surface area contributed by atoms with Gasteiger partial charge in [-0.1, -0.05) is 57.5 Å². The molecule has 1 rings (SSSR count). The molecule has 0 aromatic heterocycles. The summed E-state index contributed by atoms with van der Waals surface area (Å²) in [5.41, 5.74) is 0. The summed E-state index contributed by atoms with van der Waals surface area (Å²) in [6.45, 7) is 7.78. The van der Waals surface area contributed by atoms with Gasteiger partial charge in [-0.05, 0) is 19.4 Å². The first-order valence-corrected chi connectivity index (χ1v) is 10.6. The Bertz CT molecular complexity index is 221. The van der Waals surface area contributed by atoms with Crippen molar-refractivity contribution in [2.45, 2.75) is 46.5 Å². The van der Waals surface area contributed by atoms with Gasteiger partial charge in [0.25, 0.3) is 0 Å². The normalized spacial score (nSPS) is 15.9. The van der Waals surface area contributed by atoms with Gasteiger partial charge < -0.3 is 12.9 Å². The van der Waals surface area contributed by atoms with Gasteiger partial charge in [0.1, 0.15) is 0 Å². The highest BCUT2D eigenvalue weighted by molar-refractivity contribution is 8.00. The molecule has 0 saturated carbocycles. The van der Waals surface area contributed by atoms with E-state index in [1.165, 1.54) is 37.2 Å². The Morgan fingerprint density at radius 1 is 0.944 bits per heavy atom. The lowest BCUT2D eigenvalue weighted by atomic mass is 10.4. The Morgan fingerprint density at radius 3 is 1.83 bits per heavy atom. The van der Waals surface area contributed by atoms with Gasteiger partial charge in [-0.2, -0.15) is 0 Å². The first-order chi connectivity index (χ1) is 8.83. The molecule has 0 amide bonds. The molecule has 1 N–H and O–H groups in total. The van der Waals surface area contributed by atoms with Gasteiger partial charge in [0, 0.05) is 23.9 Å². The van der Waals surface area contributed by atoms with E-state index in [2.05, 4.69) is 46.1 Å². The number of rotatable bonds is 10. The third-order valence-electron chi connectivity index (χ3n) is 2.71. The van der Waals surface area contributed by atoms with Crippen molar-refractivity contribution in [1.82, 2.24) is 12.9 Å². The molecular formula is C12H27N3S2Si. The van der Waals surface area contributed by atoms with Gasteiger partial charge in [0.15, 0.2) is 0 Å². The molecule has 0 aromatic carbocycles. The summed E-state index contributed by atoms with van der Waals surface area (Å²) in [6, 6.07) is 0. The number of hydrogen-bond donors (Lipinski definition) is 1. The Balaban J connectivity index is 2.37. The molecule has 0 radical (unpaired) electrons. The van der Waals surface area contributed by atoms with Gasteiger partial charge in [-0.25, -0.2) is 0 Å². The van der Waals surface area contributed by atoms with Crippen molar-refractivity contribution >= 4 is 33.2 Å². The SMILES string of the molecule is CCCCSN1C=CN(SCCCC)[SiH]1NCC. The quantitative estimate of drug-likeness (QED) is 0.378. The Kier molecular flexibility index (Phi) is 9.09. The molecule has 0 atom stereocenters. The maximum atomic E-state index is 3.69. The second-order valence-electron chi connectivity index (χ2n) is 4.32. The Hall–Kier alpha value is 0.217. The van der Waals surface area contributed by atoms with Crippen LogP contribution in [-0.4, -0.2) is 35.3 Å². The fourth-order valence-corrected chi connectivity index (χ4v) is 7.59. The molecule has 6 heteroatoms. The molecule has 1 aliphatic rings.